The largest absolute Gasteiger partial charge is 0.417 e. The second kappa shape index (κ2) is 11.1. The predicted octanol–water partition coefficient (Wildman–Crippen LogP) is 5.32. The molecule has 0 radical (unpaired) electrons. The summed E-state index contributed by atoms with van der Waals surface area (Å²) < 4.78 is 53.9. The van der Waals surface area contributed by atoms with Crippen molar-refractivity contribution in [2.24, 2.45) is 0 Å². The average Bonchev–Trinajstić information content (AvgIpc) is 2.91. The monoisotopic (exact) mass is 513 g/mol. The van der Waals surface area contributed by atoms with Gasteiger partial charge in [-0.05, 0) is 48.4 Å². The number of nitrogens with zero attached hydrogens (tertiary/aromatic N) is 3. The summed E-state index contributed by atoms with van der Waals surface area (Å²) in [5.41, 5.74) is 1.11. The maximum absolute atomic E-state index is 13.7. The summed E-state index contributed by atoms with van der Waals surface area (Å²) in [5, 5.41) is 0. The first-order valence-electron chi connectivity index (χ1n) is 12.0. The van der Waals surface area contributed by atoms with Crippen LogP contribution in [0.25, 0.3) is 11.1 Å². The summed E-state index contributed by atoms with van der Waals surface area (Å²) >= 11 is 0. The van der Waals surface area contributed by atoms with Crippen molar-refractivity contribution in [2.45, 2.75) is 19.3 Å². The third kappa shape index (κ3) is 5.83. The fourth-order valence-corrected chi connectivity index (χ4v) is 4.66. The van der Waals surface area contributed by atoms with Gasteiger partial charge in [-0.15, -0.1) is 0 Å². The van der Waals surface area contributed by atoms with Crippen molar-refractivity contribution in [1.29, 1.82) is 0 Å². The van der Waals surface area contributed by atoms with E-state index in [1.807, 2.05) is 71.3 Å². The van der Waals surface area contributed by atoms with Gasteiger partial charge in [0.05, 0.1) is 11.1 Å². The van der Waals surface area contributed by atoms with Crippen molar-refractivity contribution in [1.82, 2.24) is 9.80 Å². The highest BCUT2D eigenvalue weighted by atomic mass is 19.4. The molecule has 1 amide bonds. The Morgan fingerprint density at radius 2 is 1.57 bits per heavy atom. The van der Waals surface area contributed by atoms with Crippen molar-refractivity contribution in [3.8, 4) is 11.1 Å². The van der Waals surface area contributed by atoms with Gasteiger partial charge in [0.2, 0.25) is 0 Å². The molecule has 1 fully saturated rings. The Morgan fingerprint density at radius 1 is 0.946 bits per heavy atom. The zero-order valence-corrected chi connectivity index (χ0v) is 20.3. The molecular formula is C28H27F4N3O2. The summed E-state index contributed by atoms with van der Waals surface area (Å²) in [6.07, 6.45) is -4.55. The summed E-state index contributed by atoms with van der Waals surface area (Å²) in [6.45, 7) is 3.27. The van der Waals surface area contributed by atoms with Crippen molar-refractivity contribution < 1.29 is 27.2 Å². The number of alkyl halides is 3. The van der Waals surface area contributed by atoms with Crippen molar-refractivity contribution >= 4 is 17.9 Å². The molecule has 1 heterocycles. The molecule has 1 aliphatic rings. The third-order valence-corrected chi connectivity index (χ3v) is 6.58. The Balaban J connectivity index is 1.46. The lowest BCUT2D eigenvalue weighted by molar-refractivity contribution is -0.138. The summed E-state index contributed by atoms with van der Waals surface area (Å²) in [4.78, 5) is 30.2. The van der Waals surface area contributed by atoms with Crippen LogP contribution in [0.4, 0.5) is 23.2 Å². The van der Waals surface area contributed by atoms with Crippen LogP contribution in [-0.2, 0) is 11.0 Å². The maximum Gasteiger partial charge on any atom is 0.417 e. The fraction of sp³-hybridized carbons (Fsp3) is 0.286. The van der Waals surface area contributed by atoms with E-state index in [9.17, 15) is 27.2 Å². The molecule has 1 unspecified atom stereocenters. The van der Waals surface area contributed by atoms with Gasteiger partial charge in [-0.1, -0.05) is 42.5 Å². The lowest BCUT2D eigenvalue weighted by Gasteiger charge is -2.42. The number of piperazine rings is 1. The van der Waals surface area contributed by atoms with Gasteiger partial charge < -0.3 is 9.80 Å². The van der Waals surface area contributed by atoms with E-state index in [-0.39, 0.29) is 26.2 Å². The molecule has 0 aliphatic carbocycles. The number of hydrogen-bond donors (Lipinski definition) is 0. The van der Waals surface area contributed by atoms with Crippen molar-refractivity contribution in [3.05, 3.63) is 89.7 Å². The Bertz CT molecular complexity index is 1220. The van der Waals surface area contributed by atoms with Gasteiger partial charge in [0.25, 0.3) is 5.91 Å². The van der Waals surface area contributed by atoms with Crippen LogP contribution >= 0.6 is 0 Å². The van der Waals surface area contributed by atoms with E-state index in [0.29, 0.717) is 24.7 Å². The zero-order chi connectivity index (χ0) is 26.6. The van der Waals surface area contributed by atoms with Gasteiger partial charge in [0, 0.05) is 38.4 Å². The smallest absolute Gasteiger partial charge is 0.350 e. The molecule has 0 bridgehead atoms. The third-order valence-electron chi connectivity index (χ3n) is 6.58. The van der Waals surface area contributed by atoms with Crippen molar-refractivity contribution in [3.63, 3.8) is 0 Å². The van der Waals surface area contributed by atoms with Gasteiger partial charge in [0.15, 0.2) is 6.29 Å². The number of benzene rings is 3. The van der Waals surface area contributed by atoms with Crippen LogP contribution in [0.2, 0.25) is 0 Å². The Morgan fingerprint density at radius 3 is 2.14 bits per heavy atom. The molecule has 37 heavy (non-hydrogen) atoms. The van der Waals surface area contributed by atoms with Crippen LogP contribution in [0.3, 0.4) is 0 Å². The normalized spacial score (nSPS) is 15.3. The summed E-state index contributed by atoms with van der Waals surface area (Å²) in [5.74, 6) is -1.79. The van der Waals surface area contributed by atoms with E-state index in [1.54, 1.807) is 0 Å². The average molecular weight is 514 g/mol. The lowest BCUT2D eigenvalue weighted by Crippen LogP contribution is -2.57. The minimum Gasteiger partial charge on any atom is -0.350 e. The summed E-state index contributed by atoms with van der Waals surface area (Å²) in [6, 6.07) is 19.7. The minimum absolute atomic E-state index is 0.113. The van der Waals surface area contributed by atoms with E-state index in [2.05, 4.69) is 0 Å². The Hall–Kier alpha value is -3.72. The second-order valence-electron chi connectivity index (χ2n) is 8.76. The number of carbonyl (C=O) groups is 2. The van der Waals surface area contributed by atoms with Gasteiger partial charge in [0.1, 0.15) is 12.0 Å². The zero-order valence-electron chi connectivity index (χ0n) is 20.3. The van der Waals surface area contributed by atoms with Crippen LogP contribution < -0.4 is 4.90 Å². The molecule has 3 aromatic rings. The number of anilines is 1. The van der Waals surface area contributed by atoms with Gasteiger partial charge in [-0.2, -0.15) is 13.2 Å². The summed E-state index contributed by atoms with van der Waals surface area (Å²) in [7, 11) is 0. The number of aldehydes is 1. The van der Waals surface area contributed by atoms with Crippen LogP contribution in [0.5, 0.6) is 0 Å². The highest BCUT2D eigenvalue weighted by Gasteiger charge is 2.37. The van der Waals surface area contributed by atoms with E-state index in [4.69, 9.17) is 0 Å². The second-order valence-corrected chi connectivity index (χ2v) is 8.76. The Labute approximate surface area is 212 Å². The predicted molar refractivity (Wildman–Crippen MR) is 134 cm³/mol. The molecule has 3 aromatic carbocycles. The maximum atomic E-state index is 13.7. The molecule has 1 atom stereocenters. The minimum atomic E-state index is -4.78. The number of hydrogen-bond acceptors (Lipinski definition) is 4. The fourth-order valence-electron chi connectivity index (χ4n) is 4.66. The molecule has 0 aromatic heterocycles. The van der Waals surface area contributed by atoms with E-state index >= 15 is 0 Å². The highest BCUT2D eigenvalue weighted by molar-refractivity contribution is 5.96. The van der Waals surface area contributed by atoms with Gasteiger partial charge in [-0.3, -0.25) is 14.5 Å². The molecule has 1 aliphatic heterocycles. The SMILES string of the molecule is CCN(c1ccc(-c2ccccc2)cc1)C(C=O)N1CCN(C(=O)c2cc(F)ccc2C(F)(F)F)CC1. The lowest BCUT2D eigenvalue weighted by atomic mass is 10.0. The first-order valence-corrected chi connectivity index (χ1v) is 12.0. The molecule has 9 heteroatoms. The number of halogens is 4. The molecule has 1 saturated heterocycles. The molecule has 0 saturated carbocycles. The van der Waals surface area contributed by atoms with Gasteiger partial charge >= 0.3 is 6.18 Å². The molecular weight excluding hydrogens is 486 g/mol. The number of likely N-dealkylation sites (N-methyl/N-ethyl adjacent to an activating group) is 1. The quantitative estimate of drug-likeness (QED) is 0.317. The number of rotatable bonds is 7. The first-order chi connectivity index (χ1) is 17.7. The van der Waals surface area contributed by atoms with Crippen LogP contribution in [0.1, 0.15) is 22.8 Å². The highest BCUT2D eigenvalue weighted by Crippen LogP contribution is 2.33. The molecule has 5 nitrogen and oxygen atoms in total. The van der Waals surface area contributed by atoms with Crippen LogP contribution in [-0.4, -0.2) is 60.9 Å². The molecule has 0 spiro atoms. The molecule has 4 rings (SSSR count). The number of carbonyl (C=O) groups excluding carboxylic acids is 2. The Kier molecular flexibility index (Phi) is 7.92. The number of amides is 1. The molecule has 194 valence electrons. The standard InChI is InChI=1S/C28H27F4N3O2/c1-2-35(23-11-8-21(9-12-23)20-6-4-3-5-7-20)26(19-36)33-14-16-34(17-15-33)27(37)24-18-22(29)10-13-25(24)28(30,31)32/h3-13,18-19,26H,2,14-17H2,1H3. The van der Waals surface area contributed by atoms with E-state index in [1.165, 1.54) is 4.90 Å². The van der Waals surface area contributed by atoms with Crippen LogP contribution in [0.15, 0.2) is 72.8 Å². The van der Waals surface area contributed by atoms with E-state index < -0.39 is 35.2 Å². The molecule has 0 N–H and O–H groups in total. The first kappa shape index (κ1) is 26.3. The van der Waals surface area contributed by atoms with Crippen molar-refractivity contribution in [2.75, 3.05) is 37.6 Å². The van der Waals surface area contributed by atoms with Gasteiger partial charge in [-0.25, -0.2) is 4.39 Å². The topological polar surface area (TPSA) is 43.9 Å². The van der Waals surface area contributed by atoms with Crippen LogP contribution in [0, 0.1) is 5.82 Å². The van der Waals surface area contributed by atoms with E-state index in [0.717, 1.165) is 23.1 Å².